The second-order valence-electron chi connectivity index (χ2n) is 8.16. The molecule has 31 heavy (non-hydrogen) atoms. The molecule has 4 aromatic heterocycles. The molecule has 5 rings (SSSR count). The molecule has 0 aromatic carbocycles. The van der Waals surface area contributed by atoms with Crippen molar-refractivity contribution < 1.29 is 0 Å². The summed E-state index contributed by atoms with van der Waals surface area (Å²) in [5.41, 5.74) is 4.50. The molecule has 5 heterocycles. The van der Waals surface area contributed by atoms with E-state index in [4.69, 9.17) is 0 Å². The van der Waals surface area contributed by atoms with Crippen LogP contribution in [0.3, 0.4) is 0 Å². The average Bonchev–Trinajstić information content (AvgIpc) is 3.26. The highest BCUT2D eigenvalue weighted by atomic mass is 16.1. The van der Waals surface area contributed by atoms with Crippen LogP contribution in [0.1, 0.15) is 19.5 Å². The van der Waals surface area contributed by atoms with Crippen LogP contribution in [0.15, 0.2) is 53.7 Å². The summed E-state index contributed by atoms with van der Waals surface area (Å²) in [6.07, 6.45) is 5.77. The van der Waals surface area contributed by atoms with Crippen LogP contribution in [0.5, 0.6) is 0 Å². The minimum absolute atomic E-state index is 0.0848. The third kappa shape index (κ3) is 3.01. The van der Waals surface area contributed by atoms with Gasteiger partial charge in [0.25, 0.3) is 5.56 Å². The van der Waals surface area contributed by atoms with Crippen LogP contribution in [0.25, 0.3) is 16.7 Å². The van der Waals surface area contributed by atoms with E-state index in [1.165, 1.54) is 0 Å². The highest BCUT2D eigenvalue weighted by Crippen LogP contribution is 2.32. The first-order valence-corrected chi connectivity index (χ1v) is 10.3. The van der Waals surface area contributed by atoms with Gasteiger partial charge in [-0.05, 0) is 38.1 Å². The van der Waals surface area contributed by atoms with E-state index in [0.717, 1.165) is 35.6 Å². The molecule has 0 amide bonds. The lowest BCUT2D eigenvalue weighted by atomic mass is 10.1. The van der Waals surface area contributed by atoms with Gasteiger partial charge in [-0.3, -0.25) is 4.79 Å². The number of pyridine rings is 3. The van der Waals surface area contributed by atoms with E-state index in [0.29, 0.717) is 11.2 Å². The van der Waals surface area contributed by atoms with Gasteiger partial charge in [-0.2, -0.15) is 5.26 Å². The molecule has 2 atom stereocenters. The van der Waals surface area contributed by atoms with Crippen molar-refractivity contribution in [3.05, 3.63) is 65.0 Å². The fourth-order valence-corrected chi connectivity index (χ4v) is 4.55. The van der Waals surface area contributed by atoms with Crippen LogP contribution in [0.4, 0.5) is 11.4 Å². The molecule has 0 bridgehead atoms. The first kappa shape index (κ1) is 19.1. The van der Waals surface area contributed by atoms with Crippen LogP contribution in [0.2, 0.25) is 0 Å². The summed E-state index contributed by atoms with van der Waals surface area (Å²) >= 11 is 0. The number of imidazole rings is 1. The Morgan fingerprint density at radius 1 is 1.06 bits per heavy atom. The second-order valence-corrected chi connectivity index (χ2v) is 8.16. The van der Waals surface area contributed by atoms with Gasteiger partial charge in [-0.25, -0.2) is 9.97 Å². The van der Waals surface area contributed by atoms with Crippen LogP contribution in [-0.2, 0) is 7.05 Å². The first-order valence-electron chi connectivity index (χ1n) is 10.3. The zero-order valence-electron chi connectivity index (χ0n) is 17.7. The fraction of sp³-hybridized carbons (Fsp3) is 0.304. The number of aromatic nitrogens is 4. The predicted octanol–water partition coefficient (Wildman–Crippen LogP) is 2.56. The fourth-order valence-electron chi connectivity index (χ4n) is 4.55. The van der Waals surface area contributed by atoms with E-state index in [9.17, 15) is 10.1 Å². The molecule has 0 saturated carbocycles. The monoisotopic (exact) mass is 413 g/mol. The van der Waals surface area contributed by atoms with E-state index in [1.807, 2.05) is 29.1 Å². The smallest absolute Gasteiger partial charge is 0.252 e. The number of hydrogen-bond donors (Lipinski definition) is 0. The summed E-state index contributed by atoms with van der Waals surface area (Å²) < 4.78 is 3.61. The number of anilines is 2. The van der Waals surface area contributed by atoms with E-state index < -0.39 is 0 Å². The van der Waals surface area contributed by atoms with Gasteiger partial charge in [-0.15, -0.1) is 0 Å². The molecule has 8 heteroatoms. The molecule has 0 spiro atoms. The first-order chi connectivity index (χ1) is 15.0. The number of hydrogen-bond acceptors (Lipinski definition) is 6. The Kier molecular flexibility index (Phi) is 4.40. The number of piperazine rings is 1. The van der Waals surface area contributed by atoms with Gasteiger partial charge in [-0.1, -0.05) is 0 Å². The molecule has 0 radical (unpaired) electrons. The molecular weight excluding hydrogens is 390 g/mol. The molecule has 0 N–H and O–H groups in total. The molecule has 0 unspecified atom stereocenters. The van der Waals surface area contributed by atoms with E-state index >= 15 is 0 Å². The van der Waals surface area contributed by atoms with Gasteiger partial charge >= 0.3 is 0 Å². The average molecular weight is 413 g/mol. The third-order valence-electron chi connectivity index (χ3n) is 6.19. The SMILES string of the molecule is C[C@H]1CN(c2cccn3ccnc23)[C@@H](C)CN1c1cc(=O)n(C)c2ccc(C#N)nc12. The second kappa shape index (κ2) is 7.13. The highest BCUT2D eigenvalue weighted by molar-refractivity contribution is 5.89. The maximum Gasteiger partial charge on any atom is 0.252 e. The molecule has 156 valence electrons. The molecule has 8 nitrogen and oxygen atoms in total. The summed E-state index contributed by atoms with van der Waals surface area (Å²) in [6, 6.07) is 11.7. The van der Waals surface area contributed by atoms with Crippen molar-refractivity contribution in [3.8, 4) is 6.07 Å². The van der Waals surface area contributed by atoms with Gasteiger partial charge in [0.05, 0.1) is 16.9 Å². The topological polar surface area (TPSA) is 82.5 Å². The lowest BCUT2D eigenvalue weighted by molar-refractivity contribution is 0.482. The molecule has 1 aliphatic rings. The Morgan fingerprint density at radius 2 is 1.81 bits per heavy atom. The van der Waals surface area contributed by atoms with Gasteiger partial charge in [0.1, 0.15) is 17.3 Å². The molecular formula is C23H23N7O. The zero-order chi connectivity index (χ0) is 21.7. The van der Waals surface area contributed by atoms with E-state index in [1.54, 1.807) is 29.8 Å². The summed E-state index contributed by atoms with van der Waals surface area (Å²) in [6.45, 7) is 5.84. The van der Waals surface area contributed by atoms with E-state index in [-0.39, 0.29) is 17.6 Å². The lowest BCUT2D eigenvalue weighted by Crippen LogP contribution is -2.57. The number of rotatable bonds is 2. The van der Waals surface area contributed by atoms with Crippen molar-refractivity contribution in [3.63, 3.8) is 0 Å². The summed E-state index contributed by atoms with van der Waals surface area (Å²) in [5.74, 6) is 0. The van der Waals surface area contributed by atoms with Crippen molar-refractivity contribution in [2.45, 2.75) is 25.9 Å². The van der Waals surface area contributed by atoms with Crippen molar-refractivity contribution in [2.75, 3.05) is 22.9 Å². The van der Waals surface area contributed by atoms with E-state index in [2.05, 4.69) is 45.8 Å². The number of aryl methyl sites for hydroxylation is 1. The van der Waals surface area contributed by atoms with Gasteiger partial charge in [0, 0.05) is 56.9 Å². The van der Waals surface area contributed by atoms with Crippen molar-refractivity contribution in [1.82, 2.24) is 18.9 Å². The maximum absolute atomic E-state index is 12.7. The van der Waals surface area contributed by atoms with Gasteiger partial charge < -0.3 is 18.8 Å². The van der Waals surface area contributed by atoms with Crippen LogP contribution >= 0.6 is 0 Å². The summed E-state index contributed by atoms with van der Waals surface area (Å²) in [7, 11) is 1.73. The quantitative estimate of drug-likeness (QED) is 0.502. The molecule has 0 aliphatic carbocycles. The molecule has 1 saturated heterocycles. The third-order valence-corrected chi connectivity index (χ3v) is 6.19. The number of nitriles is 1. The van der Waals surface area contributed by atoms with Gasteiger partial charge in [0.2, 0.25) is 0 Å². The normalized spacial score (nSPS) is 19.2. The Labute approximate surface area is 179 Å². The highest BCUT2D eigenvalue weighted by Gasteiger charge is 2.32. The Balaban J connectivity index is 1.57. The minimum Gasteiger partial charge on any atom is -0.363 e. The van der Waals surface area contributed by atoms with Gasteiger partial charge in [0.15, 0.2) is 5.65 Å². The summed E-state index contributed by atoms with van der Waals surface area (Å²) in [5, 5.41) is 9.34. The minimum atomic E-state index is -0.0848. The van der Waals surface area contributed by atoms with Crippen LogP contribution in [0, 0.1) is 11.3 Å². The zero-order valence-corrected chi connectivity index (χ0v) is 17.7. The van der Waals surface area contributed by atoms with Crippen LogP contribution in [-0.4, -0.2) is 44.1 Å². The summed E-state index contributed by atoms with van der Waals surface area (Å²) in [4.78, 5) is 26.4. The molecule has 1 aliphatic heterocycles. The van der Waals surface area contributed by atoms with Crippen LogP contribution < -0.4 is 15.4 Å². The number of nitrogens with zero attached hydrogens (tertiary/aromatic N) is 7. The number of fused-ring (bicyclic) bond motifs is 2. The Hall–Kier alpha value is -3.86. The Bertz CT molecular complexity index is 1400. The lowest BCUT2D eigenvalue weighted by Gasteiger charge is -2.46. The standard InChI is InChI=1S/C23H23N7O/c1-15-14-30(16(2)13-29(15)19-5-4-9-28-10-8-25-23(19)28)20-11-21(31)27(3)18-7-6-17(12-24)26-22(18)20/h4-11,15-16H,13-14H2,1-3H3/t15-,16-/m0/s1. The largest absolute Gasteiger partial charge is 0.363 e. The van der Waals surface area contributed by atoms with Crippen molar-refractivity contribution in [1.29, 1.82) is 5.26 Å². The molecule has 1 fully saturated rings. The van der Waals surface area contributed by atoms with Crippen molar-refractivity contribution >= 4 is 28.1 Å². The maximum atomic E-state index is 12.7. The molecule has 4 aromatic rings. The predicted molar refractivity (Wildman–Crippen MR) is 121 cm³/mol. The van der Waals surface area contributed by atoms with Crippen molar-refractivity contribution in [2.24, 2.45) is 7.05 Å². The Morgan fingerprint density at radius 3 is 2.55 bits per heavy atom.